The summed E-state index contributed by atoms with van der Waals surface area (Å²) in [6.07, 6.45) is 1.42. The largest absolute Gasteiger partial charge is 0.493 e. The summed E-state index contributed by atoms with van der Waals surface area (Å²) < 4.78 is 10.4. The maximum atomic E-state index is 12.9. The fraction of sp³-hybridized carbons (Fsp3) is 0.190. The Bertz CT molecular complexity index is 1010. The third-order valence-electron chi connectivity index (χ3n) is 4.57. The second kappa shape index (κ2) is 7.56. The number of carbonyl (C=O) groups excluding carboxylic acids is 3. The zero-order valence-electron chi connectivity index (χ0n) is 16.0. The lowest BCUT2D eigenvalue weighted by Crippen LogP contribution is -2.54. The van der Waals surface area contributed by atoms with E-state index in [1.165, 1.54) is 20.3 Å². The molecule has 1 fully saturated rings. The van der Waals surface area contributed by atoms with E-state index in [9.17, 15) is 14.4 Å². The van der Waals surface area contributed by atoms with E-state index >= 15 is 0 Å². The number of benzene rings is 2. The smallest absolute Gasteiger partial charge is 0.335 e. The number of methoxy groups -OCH3 is 2. The highest BCUT2D eigenvalue weighted by molar-refractivity contribution is 6.39. The molecule has 4 amide bonds. The number of rotatable bonds is 4. The van der Waals surface area contributed by atoms with Gasteiger partial charge in [-0.2, -0.15) is 0 Å². The maximum Gasteiger partial charge on any atom is 0.335 e. The summed E-state index contributed by atoms with van der Waals surface area (Å²) >= 11 is 0. The molecule has 28 heavy (non-hydrogen) atoms. The second-order valence-corrected chi connectivity index (χ2v) is 6.34. The molecule has 0 atom stereocenters. The summed E-state index contributed by atoms with van der Waals surface area (Å²) in [4.78, 5) is 38.5. The Labute approximate surface area is 162 Å². The van der Waals surface area contributed by atoms with E-state index in [1.807, 2.05) is 19.9 Å². The van der Waals surface area contributed by atoms with Crippen molar-refractivity contribution >= 4 is 29.6 Å². The molecule has 0 bridgehead atoms. The molecule has 0 aromatic heterocycles. The number of barbiturate groups is 1. The third-order valence-corrected chi connectivity index (χ3v) is 4.57. The minimum atomic E-state index is -0.775. The molecule has 1 saturated heterocycles. The lowest BCUT2D eigenvalue weighted by atomic mass is 10.0. The van der Waals surface area contributed by atoms with E-state index in [0.29, 0.717) is 22.7 Å². The fourth-order valence-corrected chi connectivity index (χ4v) is 2.87. The van der Waals surface area contributed by atoms with Crippen LogP contribution in [-0.2, 0) is 9.59 Å². The van der Waals surface area contributed by atoms with Crippen LogP contribution in [0.5, 0.6) is 11.5 Å². The van der Waals surface area contributed by atoms with Crippen LogP contribution in [0.15, 0.2) is 42.0 Å². The normalized spacial score (nSPS) is 15.6. The van der Waals surface area contributed by atoms with Crippen molar-refractivity contribution in [2.24, 2.45) is 0 Å². The summed E-state index contributed by atoms with van der Waals surface area (Å²) in [6, 6.07) is 9.44. The molecule has 7 nitrogen and oxygen atoms in total. The molecule has 0 aliphatic carbocycles. The van der Waals surface area contributed by atoms with Crippen molar-refractivity contribution in [3.05, 3.63) is 58.7 Å². The van der Waals surface area contributed by atoms with Gasteiger partial charge in [0.05, 0.1) is 19.9 Å². The van der Waals surface area contributed by atoms with Crippen LogP contribution in [0, 0.1) is 13.8 Å². The van der Waals surface area contributed by atoms with E-state index in [1.54, 1.807) is 30.3 Å². The van der Waals surface area contributed by atoms with Gasteiger partial charge in [0, 0.05) is 0 Å². The molecular weight excluding hydrogens is 360 g/mol. The van der Waals surface area contributed by atoms with Crippen LogP contribution in [0.4, 0.5) is 10.5 Å². The number of nitrogens with zero attached hydrogens (tertiary/aromatic N) is 1. The highest BCUT2D eigenvalue weighted by atomic mass is 16.5. The van der Waals surface area contributed by atoms with Crippen LogP contribution in [0.25, 0.3) is 6.08 Å². The summed E-state index contributed by atoms with van der Waals surface area (Å²) in [6.45, 7) is 3.82. The summed E-state index contributed by atoms with van der Waals surface area (Å²) in [5.74, 6) is -0.449. The van der Waals surface area contributed by atoms with Crippen LogP contribution in [0.3, 0.4) is 0 Å². The number of hydrogen-bond acceptors (Lipinski definition) is 5. The lowest BCUT2D eigenvalue weighted by Gasteiger charge is -2.26. The standard InChI is InChI=1S/C21H20N2O5/c1-12-5-7-15(9-13(12)2)23-20(25)16(19(24)22-21(23)26)10-14-6-8-17(27-3)18(11-14)28-4/h5-11H,1-4H3,(H,22,24,26)/b16-10-. The van der Waals surface area contributed by atoms with Crippen LogP contribution < -0.4 is 19.7 Å². The van der Waals surface area contributed by atoms with Crippen LogP contribution in [0.2, 0.25) is 0 Å². The molecule has 3 rings (SSSR count). The van der Waals surface area contributed by atoms with E-state index in [2.05, 4.69) is 5.32 Å². The number of carbonyl (C=O) groups is 3. The quantitative estimate of drug-likeness (QED) is 0.651. The molecule has 144 valence electrons. The average molecular weight is 380 g/mol. The van der Waals surface area contributed by atoms with E-state index < -0.39 is 17.8 Å². The predicted molar refractivity (Wildman–Crippen MR) is 104 cm³/mol. The van der Waals surface area contributed by atoms with Gasteiger partial charge in [-0.05, 0) is 60.9 Å². The Balaban J connectivity index is 2.02. The van der Waals surface area contributed by atoms with Gasteiger partial charge in [0.1, 0.15) is 5.57 Å². The van der Waals surface area contributed by atoms with E-state index in [-0.39, 0.29) is 5.57 Å². The van der Waals surface area contributed by atoms with Gasteiger partial charge in [-0.1, -0.05) is 12.1 Å². The first-order chi connectivity index (χ1) is 13.3. The third kappa shape index (κ3) is 3.46. The molecule has 1 N–H and O–H groups in total. The van der Waals surface area contributed by atoms with Crippen LogP contribution >= 0.6 is 0 Å². The van der Waals surface area contributed by atoms with E-state index in [0.717, 1.165) is 16.0 Å². The fourth-order valence-electron chi connectivity index (χ4n) is 2.87. The zero-order chi connectivity index (χ0) is 20.4. The average Bonchev–Trinajstić information content (AvgIpc) is 2.67. The first-order valence-electron chi connectivity index (χ1n) is 8.56. The Morgan fingerprint density at radius 1 is 0.893 bits per heavy atom. The van der Waals surface area contributed by atoms with Crippen molar-refractivity contribution in [1.29, 1.82) is 0 Å². The number of hydrogen-bond donors (Lipinski definition) is 1. The monoisotopic (exact) mass is 380 g/mol. The van der Waals surface area contributed by atoms with Crippen LogP contribution in [-0.4, -0.2) is 32.1 Å². The van der Waals surface area contributed by atoms with Gasteiger partial charge in [0.15, 0.2) is 11.5 Å². The minimum absolute atomic E-state index is 0.148. The van der Waals surface area contributed by atoms with Gasteiger partial charge < -0.3 is 9.47 Å². The van der Waals surface area contributed by atoms with Crippen molar-refractivity contribution in [2.45, 2.75) is 13.8 Å². The first-order valence-corrected chi connectivity index (χ1v) is 8.56. The molecule has 0 saturated carbocycles. The Morgan fingerprint density at radius 3 is 2.25 bits per heavy atom. The molecule has 0 spiro atoms. The van der Waals surface area contributed by atoms with Gasteiger partial charge in [-0.25, -0.2) is 9.69 Å². The van der Waals surface area contributed by atoms with Crippen molar-refractivity contribution in [3.63, 3.8) is 0 Å². The van der Waals surface area contributed by atoms with Gasteiger partial charge in [0.2, 0.25) is 0 Å². The predicted octanol–water partition coefficient (Wildman–Crippen LogP) is 2.99. The van der Waals surface area contributed by atoms with Gasteiger partial charge >= 0.3 is 6.03 Å². The number of ether oxygens (including phenoxy) is 2. The van der Waals surface area contributed by atoms with Crippen molar-refractivity contribution in [2.75, 3.05) is 19.1 Å². The zero-order valence-corrected chi connectivity index (χ0v) is 16.0. The number of anilines is 1. The first kappa shape index (κ1) is 19.2. The molecule has 2 aromatic rings. The lowest BCUT2D eigenvalue weighted by molar-refractivity contribution is -0.122. The summed E-state index contributed by atoms with van der Waals surface area (Å²) in [7, 11) is 3.01. The minimum Gasteiger partial charge on any atom is -0.493 e. The summed E-state index contributed by atoms with van der Waals surface area (Å²) in [5.41, 5.74) is 2.78. The molecule has 0 unspecified atom stereocenters. The van der Waals surface area contributed by atoms with Gasteiger partial charge in [-0.3, -0.25) is 14.9 Å². The number of urea groups is 1. The van der Waals surface area contributed by atoms with Crippen molar-refractivity contribution < 1.29 is 23.9 Å². The molecule has 1 heterocycles. The van der Waals surface area contributed by atoms with Crippen LogP contribution in [0.1, 0.15) is 16.7 Å². The Morgan fingerprint density at radius 2 is 1.61 bits per heavy atom. The van der Waals surface area contributed by atoms with E-state index in [4.69, 9.17) is 9.47 Å². The molecule has 1 aliphatic rings. The highest BCUT2D eigenvalue weighted by Gasteiger charge is 2.36. The molecule has 7 heteroatoms. The second-order valence-electron chi connectivity index (χ2n) is 6.34. The van der Waals surface area contributed by atoms with Gasteiger partial charge in [-0.15, -0.1) is 0 Å². The maximum absolute atomic E-state index is 12.9. The topological polar surface area (TPSA) is 84.9 Å². The Hall–Kier alpha value is -3.61. The van der Waals surface area contributed by atoms with Crippen molar-refractivity contribution in [1.82, 2.24) is 5.32 Å². The molecular formula is C21H20N2O5. The van der Waals surface area contributed by atoms with Crippen molar-refractivity contribution in [3.8, 4) is 11.5 Å². The number of amides is 4. The molecule has 2 aromatic carbocycles. The SMILES string of the molecule is COc1ccc(/C=C2/C(=O)NC(=O)N(c3ccc(C)c(C)c3)C2=O)cc1OC. The summed E-state index contributed by atoms with van der Waals surface area (Å²) in [5, 5.41) is 2.22. The number of nitrogens with one attached hydrogen (secondary N) is 1. The molecule has 0 radical (unpaired) electrons. The molecule has 1 aliphatic heterocycles. The number of imide groups is 2. The Kier molecular flexibility index (Phi) is 5.17. The highest BCUT2D eigenvalue weighted by Crippen LogP contribution is 2.29. The number of aryl methyl sites for hydroxylation is 2. The van der Waals surface area contributed by atoms with Gasteiger partial charge in [0.25, 0.3) is 11.8 Å².